The molecule has 0 saturated carbocycles. The van der Waals surface area contributed by atoms with Crippen molar-refractivity contribution in [2.45, 2.75) is 18.7 Å². The van der Waals surface area contributed by atoms with E-state index in [2.05, 4.69) is 5.32 Å². The summed E-state index contributed by atoms with van der Waals surface area (Å²) in [6.07, 6.45) is 0. The number of primary sulfonamides is 1. The van der Waals surface area contributed by atoms with Crippen LogP contribution >= 0.6 is 0 Å². The largest absolute Gasteiger partial charge is 0.314 e. The molecule has 1 saturated heterocycles. The molecule has 3 N–H and O–H groups in total. The number of nitrogens with two attached hydrogens (primary N) is 1. The fourth-order valence-electron chi connectivity index (χ4n) is 1.38. The van der Waals surface area contributed by atoms with Crippen molar-refractivity contribution in [1.29, 1.82) is 0 Å². The van der Waals surface area contributed by atoms with E-state index in [4.69, 9.17) is 5.14 Å². The molecule has 13 heavy (non-hydrogen) atoms. The highest BCUT2D eigenvalue weighted by Crippen LogP contribution is 2.19. The molecule has 0 aromatic rings. The smallest absolute Gasteiger partial charge is 0.227 e. The first-order chi connectivity index (χ1) is 5.86. The maximum atomic E-state index is 11.3. The minimum absolute atomic E-state index is 0.726. The molecule has 78 valence electrons. The van der Waals surface area contributed by atoms with Gasteiger partial charge in [0.15, 0.2) is 0 Å². The summed E-state index contributed by atoms with van der Waals surface area (Å²) in [6, 6.07) is 0. The van der Waals surface area contributed by atoms with Crippen molar-refractivity contribution in [3.05, 3.63) is 0 Å². The summed E-state index contributed by atoms with van der Waals surface area (Å²) < 4.78 is 22.5. The molecule has 0 radical (unpaired) electrons. The van der Waals surface area contributed by atoms with E-state index < -0.39 is 14.9 Å². The van der Waals surface area contributed by atoms with Crippen molar-refractivity contribution < 1.29 is 8.42 Å². The molecule has 0 aromatic heterocycles. The minimum Gasteiger partial charge on any atom is -0.314 e. The van der Waals surface area contributed by atoms with E-state index in [1.807, 2.05) is 4.90 Å². The Kier molecular flexibility index (Phi) is 2.96. The van der Waals surface area contributed by atoms with Crippen LogP contribution in [-0.4, -0.2) is 44.4 Å². The Morgan fingerprint density at radius 3 is 2.15 bits per heavy atom. The Hall–Kier alpha value is -0.170. The van der Waals surface area contributed by atoms with Crippen molar-refractivity contribution in [1.82, 2.24) is 10.2 Å². The molecule has 0 spiro atoms. The molecule has 0 unspecified atom stereocenters. The van der Waals surface area contributed by atoms with Gasteiger partial charge in [-0.05, 0) is 13.8 Å². The molecule has 6 heteroatoms. The lowest BCUT2D eigenvalue weighted by atomic mass is 10.2. The van der Waals surface area contributed by atoms with Crippen LogP contribution in [0.2, 0.25) is 0 Å². The number of nitrogens with one attached hydrogen (secondary N) is 1. The summed E-state index contributed by atoms with van der Waals surface area (Å²) in [7, 11) is -3.50. The topological polar surface area (TPSA) is 75.4 Å². The molecule has 0 aliphatic carbocycles. The summed E-state index contributed by atoms with van der Waals surface area (Å²) in [4.78, 5) is 0.938. The van der Waals surface area contributed by atoms with Gasteiger partial charge in [-0.3, -0.25) is 4.90 Å². The molecule has 1 aliphatic rings. The fraction of sp³-hybridized carbons (Fsp3) is 1.00. The lowest BCUT2D eigenvalue weighted by Gasteiger charge is -2.39. The van der Waals surface area contributed by atoms with Crippen LogP contribution in [0.3, 0.4) is 0 Å². The quantitative estimate of drug-likeness (QED) is 0.604. The average molecular weight is 207 g/mol. The number of hydrogen-bond acceptors (Lipinski definition) is 4. The molecule has 0 aromatic carbocycles. The zero-order valence-corrected chi connectivity index (χ0v) is 8.89. The van der Waals surface area contributed by atoms with Crippen molar-refractivity contribution in [2.24, 2.45) is 5.14 Å². The molecule has 0 bridgehead atoms. The van der Waals surface area contributed by atoms with Gasteiger partial charge in [-0.25, -0.2) is 13.6 Å². The van der Waals surface area contributed by atoms with E-state index in [0.717, 1.165) is 26.2 Å². The number of rotatable bonds is 2. The van der Waals surface area contributed by atoms with Gasteiger partial charge in [-0.15, -0.1) is 0 Å². The second-order valence-electron chi connectivity index (χ2n) is 3.73. The Morgan fingerprint density at radius 2 is 1.77 bits per heavy atom. The highest BCUT2D eigenvalue weighted by Gasteiger charge is 2.37. The van der Waals surface area contributed by atoms with Crippen LogP contribution in [0.15, 0.2) is 0 Å². The average Bonchev–Trinajstić information content (AvgIpc) is 2.04. The molecule has 0 amide bonds. The van der Waals surface area contributed by atoms with E-state index >= 15 is 0 Å². The first-order valence-corrected chi connectivity index (χ1v) is 5.88. The van der Waals surface area contributed by atoms with E-state index in [0.29, 0.717) is 0 Å². The van der Waals surface area contributed by atoms with Crippen LogP contribution in [-0.2, 0) is 10.0 Å². The molecule has 1 fully saturated rings. The Bertz CT molecular complexity index is 267. The molecule has 1 rings (SSSR count). The van der Waals surface area contributed by atoms with Gasteiger partial charge in [-0.2, -0.15) is 0 Å². The maximum absolute atomic E-state index is 11.3. The van der Waals surface area contributed by atoms with Gasteiger partial charge < -0.3 is 5.32 Å². The third kappa shape index (κ3) is 2.19. The summed E-state index contributed by atoms with van der Waals surface area (Å²) in [5, 5.41) is 8.32. The third-order valence-corrected chi connectivity index (χ3v) is 4.23. The van der Waals surface area contributed by atoms with Gasteiger partial charge in [0, 0.05) is 26.2 Å². The number of hydrogen-bond donors (Lipinski definition) is 2. The van der Waals surface area contributed by atoms with Crippen molar-refractivity contribution in [3.8, 4) is 0 Å². The van der Waals surface area contributed by atoms with E-state index in [1.165, 1.54) is 0 Å². The van der Waals surface area contributed by atoms with Crippen LogP contribution in [0.4, 0.5) is 0 Å². The second kappa shape index (κ2) is 3.53. The highest BCUT2D eigenvalue weighted by atomic mass is 32.2. The van der Waals surface area contributed by atoms with Gasteiger partial charge in [0.25, 0.3) is 0 Å². The van der Waals surface area contributed by atoms with Crippen LogP contribution in [0.25, 0.3) is 0 Å². The van der Waals surface area contributed by atoms with Gasteiger partial charge >= 0.3 is 0 Å². The third-order valence-electron chi connectivity index (χ3n) is 2.57. The predicted octanol–water partition coefficient (Wildman–Crippen LogP) is -1.08. The van der Waals surface area contributed by atoms with Gasteiger partial charge in [0.2, 0.25) is 10.0 Å². The molecule has 5 nitrogen and oxygen atoms in total. The van der Waals surface area contributed by atoms with Crippen LogP contribution in [0.5, 0.6) is 0 Å². The van der Waals surface area contributed by atoms with E-state index in [1.54, 1.807) is 13.8 Å². The summed E-state index contributed by atoms with van der Waals surface area (Å²) >= 11 is 0. The SMILES string of the molecule is CC(C)(N1CCNCC1)S(N)(=O)=O. The molecular weight excluding hydrogens is 190 g/mol. The lowest BCUT2D eigenvalue weighted by Crippen LogP contribution is -2.58. The second-order valence-corrected chi connectivity index (χ2v) is 5.82. The molecule has 1 aliphatic heterocycles. The van der Waals surface area contributed by atoms with E-state index in [-0.39, 0.29) is 0 Å². The van der Waals surface area contributed by atoms with Gasteiger partial charge in [0.05, 0.1) is 0 Å². The highest BCUT2D eigenvalue weighted by molar-refractivity contribution is 7.90. The number of sulfonamides is 1. The molecule has 1 heterocycles. The lowest BCUT2D eigenvalue weighted by molar-refractivity contribution is 0.163. The standard InChI is InChI=1S/C7H17N3O2S/c1-7(2,13(8,11)12)10-5-3-9-4-6-10/h9H,3-6H2,1-2H3,(H2,8,11,12). The van der Waals surface area contributed by atoms with Crippen molar-refractivity contribution in [3.63, 3.8) is 0 Å². The van der Waals surface area contributed by atoms with Gasteiger partial charge in [0.1, 0.15) is 4.87 Å². The maximum Gasteiger partial charge on any atom is 0.227 e. The normalized spacial score (nSPS) is 21.8. The Labute approximate surface area is 79.3 Å². The van der Waals surface area contributed by atoms with Gasteiger partial charge in [-0.1, -0.05) is 0 Å². The van der Waals surface area contributed by atoms with Crippen LogP contribution < -0.4 is 10.5 Å². The zero-order valence-electron chi connectivity index (χ0n) is 8.08. The zero-order chi connectivity index (χ0) is 10.1. The fourth-order valence-corrected chi connectivity index (χ4v) is 1.93. The molecular formula is C7H17N3O2S. The predicted molar refractivity (Wildman–Crippen MR) is 51.6 cm³/mol. The molecule has 0 atom stereocenters. The van der Waals surface area contributed by atoms with Crippen LogP contribution in [0, 0.1) is 0 Å². The summed E-state index contributed by atoms with van der Waals surface area (Å²) in [5.74, 6) is 0. The van der Waals surface area contributed by atoms with E-state index in [9.17, 15) is 8.42 Å². The number of nitrogens with zero attached hydrogens (tertiary/aromatic N) is 1. The van der Waals surface area contributed by atoms with Crippen molar-refractivity contribution >= 4 is 10.0 Å². The van der Waals surface area contributed by atoms with Crippen LogP contribution in [0.1, 0.15) is 13.8 Å². The monoisotopic (exact) mass is 207 g/mol. The summed E-state index contributed by atoms with van der Waals surface area (Å²) in [5.41, 5.74) is 0. The van der Waals surface area contributed by atoms with Crippen molar-refractivity contribution in [2.75, 3.05) is 26.2 Å². The first-order valence-electron chi connectivity index (χ1n) is 4.34. The first kappa shape index (κ1) is 10.9. The Morgan fingerprint density at radius 1 is 1.31 bits per heavy atom. The summed E-state index contributed by atoms with van der Waals surface area (Å²) in [6.45, 7) is 6.38. The Balaban J connectivity index is 2.79. The minimum atomic E-state index is -3.50. The number of piperazine rings is 1.